The number of hydrogen-bond donors (Lipinski definition) is 2. The van der Waals surface area contributed by atoms with Crippen molar-refractivity contribution in [3.8, 4) is 0 Å². The largest absolute Gasteiger partial charge is 0.314 e. The fourth-order valence-electron chi connectivity index (χ4n) is 2.44. The summed E-state index contributed by atoms with van der Waals surface area (Å²) in [5.41, 5.74) is 0.999. The summed E-state index contributed by atoms with van der Waals surface area (Å²) < 4.78 is 0. The van der Waals surface area contributed by atoms with E-state index in [1.54, 1.807) is 0 Å². The van der Waals surface area contributed by atoms with Crippen molar-refractivity contribution in [1.29, 1.82) is 0 Å². The minimum Gasteiger partial charge on any atom is -0.314 e. The summed E-state index contributed by atoms with van der Waals surface area (Å²) in [5, 5.41) is 6.96. The number of rotatable bonds is 0. The van der Waals surface area contributed by atoms with Gasteiger partial charge in [-0.05, 0) is 5.41 Å². The molecule has 0 aromatic rings. The van der Waals surface area contributed by atoms with Gasteiger partial charge in [-0.1, -0.05) is 20.8 Å². The molecule has 0 aromatic heterocycles. The molecule has 11 heavy (non-hydrogen) atoms. The second kappa shape index (κ2) is 1.99. The second-order valence-corrected chi connectivity index (χ2v) is 4.97. The highest BCUT2D eigenvalue weighted by molar-refractivity contribution is 5.13. The molecule has 0 spiro atoms. The molecule has 0 radical (unpaired) electrons. The van der Waals surface area contributed by atoms with E-state index in [1.165, 1.54) is 13.1 Å². The molecule has 2 aliphatic heterocycles. The van der Waals surface area contributed by atoms with E-state index in [4.69, 9.17) is 0 Å². The SMILES string of the molecule is CC(C)(C)[C@@]12CNC[C@H]1NC2. The maximum Gasteiger partial charge on any atom is 0.0278 e. The molecule has 2 fully saturated rings. The number of hydrogen-bond acceptors (Lipinski definition) is 2. The zero-order chi connectivity index (χ0) is 8.11. The molecule has 2 rings (SSSR count). The van der Waals surface area contributed by atoms with Crippen LogP contribution >= 0.6 is 0 Å². The summed E-state index contributed by atoms with van der Waals surface area (Å²) in [5.74, 6) is 0. The summed E-state index contributed by atoms with van der Waals surface area (Å²) in [7, 11) is 0. The van der Waals surface area contributed by atoms with Gasteiger partial charge in [0.15, 0.2) is 0 Å². The van der Waals surface area contributed by atoms with Crippen molar-refractivity contribution >= 4 is 0 Å². The standard InChI is InChI=1S/C9H18N2/c1-8(2,3)9-5-10-4-7(9)11-6-9/h7,10-11H,4-6H2,1-3H3/t7-,9-/m1/s1. The first-order chi connectivity index (χ1) is 5.06. The Hall–Kier alpha value is -0.0800. The highest BCUT2D eigenvalue weighted by Crippen LogP contribution is 2.47. The van der Waals surface area contributed by atoms with Crippen molar-refractivity contribution in [3.63, 3.8) is 0 Å². The predicted molar refractivity (Wildman–Crippen MR) is 46.5 cm³/mol. The van der Waals surface area contributed by atoms with Crippen molar-refractivity contribution in [1.82, 2.24) is 10.6 Å². The first kappa shape index (κ1) is 7.56. The Kier molecular flexibility index (Phi) is 1.37. The van der Waals surface area contributed by atoms with Crippen LogP contribution in [0, 0.1) is 10.8 Å². The minimum atomic E-state index is 0.451. The van der Waals surface area contributed by atoms with Crippen LogP contribution in [0.5, 0.6) is 0 Å². The van der Waals surface area contributed by atoms with Gasteiger partial charge < -0.3 is 10.6 Å². The van der Waals surface area contributed by atoms with Gasteiger partial charge in [-0.2, -0.15) is 0 Å². The molecule has 2 heteroatoms. The van der Waals surface area contributed by atoms with Gasteiger partial charge in [0.2, 0.25) is 0 Å². The van der Waals surface area contributed by atoms with E-state index in [9.17, 15) is 0 Å². The Morgan fingerprint density at radius 2 is 2.00 bits per heavy atom. The molecule has 0 aromatic carbocycles. The van der Waals surface area contributed by atoms with Crippen molar-refractivity contribution < 1.29 is 0 Å². The van der Waals surface area contributed by atoms with Crippen LogP contribution in [0.25, 0.3) is 0 Å². The Labute approximate surface area is 68.7 Å². The Morgan fingerprint density at radius 3 is 2.27 bits per heavy atom. The maximum absolute atomic E-state index is 3.49. The maximum atomic E-state index is 3.49. The third kappa shape index (κ3) is 0.798. The second-order valence-electron chi connectivity index (χ2n) is 4.97. The average Bonchev–Trinajstić information content (AvgIpc) is 2.06. The van der Waals surface area contributed by atoms with Crippen LogP contribution in [0.4, 0.5) is 0 Å². The normalized spacial score (nSPS) is 43.4. The van der Waals surface area contributed by atoms with E-state index in [0.717, 1.165) is 12.6 Å². The van der Waals surface area contributed by atoms with Crippen LogP contribution in [-0.4, -0.2) is 25.7 Å². The van der Waals surface area contributed by atoms with Gasteiger partial charge in [-0.15, -0.1) is 0 Å². The third-order valence-corrected chi connectivity index (χ3v) is 3.61. The zero-order valence-electron chi connectivity index (χ0n) is 7.70. The molecule has 2 atom stereocenters. The minimum absolute atomic E-state index is 0.451. The lowest BCUT2D eigenvalue weighted by molar-refractivity contribution is 0.00720. The number of nitrogens with one attached hydrogen (secondary N) is 2. The van der Waals surface area contributed by atoms with Gasteiger partial charge in [0.25, 0.3) is 0 Å². The summed E-state index contributed by atoms with van der Waals surface area (Å²) in [6, 6.07) is 0.738. The molecule has 2 saturated heterocycles. The molecule has 0 bridgehead atoms. The van der Waals surface area contributed by atoms with Crippen molar-refractivity contribution in [2.45, 2.75) is 26.8 Å². The van der Waals surface area contributed by atoms with E-state index in [-0.39, 0.29) is 0 Å². The lowest BCUT2D eigenvalue weighted by atomic mass is 9.59. The first-order valence-corrected chi connectivity index (χ1v) is 4.50. The van der Waals surface area contributed by atoms with E-state index < -0.39 is 0 Å². The third-order valence-electron chi connectivity index (χ3n) is 3.61. The van der Waals surface area contributed by atoms with Crippen LogP contribution in [0.15, 0.2) is 0 Å². The Balaban J connectivity index is 2.22. The number of fused-ring (bicyclic) bond motifs is 1. The van der Waals surface area contributed by atoms with Crippen molar-refractivity contribution in [2.24, 2.45) is 10.8 Å². The van der Waals surface area contributed by atoms with Gasteiger partial charge >= 0.3 is 0 Å². The van der Waals surface area contributed by atoms with E-state index >= 15 is 0 Å². The fourth-order valence-corrected chi connectivity index (χ4v) is 2.44. The monoisotopic (exact) mass is 154 g/mol. The molecule has 2 nitrogen and oxygen atoms in total. The van der Waals surface area contributed by atoms with Gasteiger partial charge in [0.05, 0.1) is 0 Å². The van der Waals surface area contributed by atoms with E-state index in [2.05, 4.69) is 31.4 Å². The smallest absolute Gasteiger partial charge is 0.0278 e. The lowest BCUT2D eigenvalue weighted by Gasteiger charge is -2.54. The summed E-state index contributed by atoms with van der Waals surface area (Å²) >= 11 is 0. The fraction of sp³-hybridized carbons (Fsp3) is 1.00. The highest BCUT2D eigenvalue weighted by Gasteiger charge is 2.56. The van der Waals surface area contributed by atoms with Crippen LogP contribution in [-0.2, 0) is 0 Å². The van der Waals surface area contributed by atoms with Crippen molar-refractivity contribution in [3.05, 3.63) is 0 Å². The van der Waals surface area contributed by atoms with Crippen molar-refractivity contribution in [2.75, 3.05) is 19.6 Å². The quantitative estimate of drug-likeness (QED) is 0.534. The lowest BCUT2D eigenvalue weighted by Crippen LogP contribution is -2.67. The van der Waals surface area contributed by atoms with E-state index in [1.807, 2.05) is 0 Å². The Morgan fingerprint density at radius 1 is 1.27 bits per heavy atom. The summed E-state index contributed by atoms with van der Waals surface area (Å²) in [6.07, 6.45) is 0. The molecule has 64 valence electrons. The average molecular weight is 154 g/mol. The first-order valence-electron chi connectivity index (χ1n) is 4.50. The molecule has 0 unspecified atom stereocenters. The summed E-state index contributed by atoms with van der Waals surface area (Å²) in [4.78, 5) is 0. The predicted octanol–water partition coefficient (Wildman–Crippen LogP) is 0.594. The van der Waals surface area contributed by atoms with Crippen LogP contribution < -0.4 is 10.6 Å². The molecule has 2 aliphatic rings. The van der Waals surface area contributed by atoms with Gasteiger partial charge in [0, 0.05) is 31.1 Å². The molecule has 2 heterocycles. The van der Waals surface area contributed by atoms with Gasteiger partial charge in [0.1, 0.15) is 0 Å². The molecular formula is C9H18N2. The molecular weight excluding hydrogens is 136 g/mol. The zero-order valence-corrected chi connectivity index (χ0v) is 7.70. The van der Waals surface area contributed by atoms with Crippen LogP contribution in [0.1, 0.15) is 20.8 Å². The Bertz CT molecular complexity index is 171. The van der Waals surface area contributed by atoms with Crippen LogP contribution in [0.2, 0.25) is 0 Å². The molecule has 0 aliphatic carbocycles. The van der Waals surface area contributed by atoms with E-state index in [0.29, 0.717) is 10.8 Å². The van der Waals surface area contributed by atoms with Gasteiger partial charge in [-0.3, -0.25) is 0 Å². The van der Waals surface area contributed by atoms with Crippen LogP contribution in [0.3, 0.4) is 0 Å². The van der Waals surface area contributed by atoms with Gasteiger partial charge in [-0.25, -0.2) is 0 Å². The summed E-state index contributed by atoms with van der Waals surface area (Å²) in [6.45, 7) is 10.6. The molecule has 0 saturated carbocycles. The topological polar surface area (TPSA) is 24.1 Å². The highest BCUT2D eigenvalue weighted by atomic mass is 15.2. The molecule has 2 N–H and O–H groups in total. The molecule has 0 amide bonds.